The van der Waals surface area contributed by atoms with Gasteiger partial charge in [0.1, 0.15) is 0 Å². The van der Waals surface area contributed by atoms with Gasteiger partial charge in [-0.2, -0.15) is 0 Å². The highest BCUT2D eigenvalue weighted by Gasteiger charge is 2.27. The van der Waals surface area contributed by atoms with Crippen LogP contribution in [-0.2, 0) is 16.0 Å². The fourth-order valence-electron chi connectivity index (χ4n) is 3.77. The number of carbonyl (C=O) groups is 3. The van der Waals surface area contributed by atoms with Crippen molar-refractivity contribution in [1.29, 1.82) is 0 Å². The summed E-state index contributed by atoms with van der Waals surface area (Å²) in [6.45, 7) is 7.11. The summed E-state index contributed by atoms with van der Waals surface area (Å²) in [4.78, 5) is 43.3. The van der Waals surface area contributed by atoms with Crippen LogP contribution in [0, 0.1) is 13.8 Å². The lowest BCUT2D eigenvalue weighted by molar-refractivity contribution is -0.116. The Hall–Kier alpha value is -3.55. The first-order valence-corrected chi connectivity index (χ1v) is 9.66. The average molecular weight is 407 g/mol. The summed E-state index contributed by atoms with van der Waals surface area (Å²) in [6, 6.07) is 6.79. The molecule has 1 unspecified atom stereocenters. The Kier molecular flexibility index (Phi) is 4.85. The standard InChI is InChI=1S/C22H21N3O5/c1-11-9-17(19-12(2)24-30-21(19)23-11)22(28)29-13(3)20(27)16-5-6-18-15(10-16)7-8-25(18)14(4)26/h5-6,9-10,13H,7-8H2,1-4H3. The fraction of sp³-hybridized carbons (Fsp3) is 0.318. The number of ether oxygens (including phenoxy) is 1. The number of hydrogen-bond donors (Lipinski definition) is 0. The molecule has 154 valence electrons. The molecule has 0 spiro atoms. The van der Waals surface area contributed by atoms with E-state index in [1.807, 2.05) is 0 Å². The SMILES string of the molecule is CC(=O)N1CCc2cc(C(=O)C(C)OC(=O)c3cc(C)nc4onc(C)c34)ccc21. The van der Waals surface area contributed by atoms with E-state index in [0.29, 0.717) is 35.3 Å². The zero-order valence-electron chi connectivity index (χ0n) is 17.2. The number of hydrogen-bond acceptors (Lipinski definition) is 7. The van der Waals surface area contributed by atoms with Crippen LogP contribution in [0.3, 0.4) is 0 Å². The van der Waals surface area contributed by atoms with Gasteiger partial charge in [-0.3, -0.25) is 9.59 Å². The van der Waals surface area contributed by atoms with Crippen molar-refractivity contribution in [2.24, 2.45) is 0 Å². The third-order valence-electron chi connectivity index (χ3n) is 5.26. The number of Topliss-reactive ketones (excluding diaryl/α,β-unsaturated/α-hetero) is 1. The maximum atomic E-state index is 12.9. The minimum atomic E-state index is -0.982. The summed E-state index contributed by atoms with van der Waals surface area (Å²) in [5.74, 6) is -0.976. The zero-order chi connectivity index (χ0) is 21.6. The Morgan fingerprint density at radius 3 is 2.70 bits per heavy atom. The number of benzene rings is 1. The van der Waals surface area contributed by atoms with Crippen molar-refractivity contribution in [2.45, 2.75) is 40.2 Å². The Labute approximate surface area is 172 Å². The number of nitrogens with zero attached hydrogens (tertiary/aromatic N) is 3. The Morgan fingerprint density at radius 1 is 1.20 bits per heavy atom. The molecule has 0 saturated heterocycles. The molecule has 1 aliphatic rings. The summed E-state index contributed by atoms with van der Waals surface area (Å²) >= 11 is 0. The fourth-order valence-corrected chi connectivity index (χ4v) is 3.77. The molecule has 0 saturated carbocycles. The summed E-state index contributed by atoms with van der Waals surface area (Å²) in [7, 11) is 0. The van der Waals surface area contributed by atoms with E-state index in [9.17, 15) is 14.4 Å². The van der Waals surface area contributed by atoms with E-state index in [1.165, 1.54) is 6.92 Å². The lowest BCUT2D eigenvalue weighted by atomic mass is 10.0. The normalized spacial score (nSPS) is 13.9. The van der Waals surface area contributed by atoms with Crippen molar-refractivity contribution in [3.05, 3.63) is 52.3 Å². The minimum absolute atomic E-state index is 0.0295. The Balaban J connectivity index is 1.56. The molecular weight excluding hydrogens is 386 g/mol. The van der Waals surface area contributed by atoms with Gasteiger partial charge in [0, 0.05) is 30.4 Å². The maximum absolute atomic E-state index is 12.9. The van der Waals surface area contributed by atoms with Crippen molar-refractivity contribution in [2.75, 3.05) is 11.4 Å². The first-order chi connectivity index (χ1) is 14.3. The van der Waals surface area contributed by atoms with Crippen LogP contribution in [0.15, 0.2) is 28.8 Å². The van der Waals surface area contributed by atoms with E-state index >= 15 is 0 Å². The number of esters is 1. The van der Waals surface area contributed by atoms with Crippen LogP contribution >= 0.6 is 0 Å². The highest BCUT2D eigenvalue weighted by Crippen LogP contribution is 2.29. The number of rotatable bonds is 4. The van der Waals surface area contributed by atoms with Crippen LogP contribution in [0.5, 0.6) is 0 Å². The molecule has 1 amide bonds. The number of aryl methyl sites for hydroxylation is 2. The largest absolute Gasteiger partial charge is 0.451 e. The molecule has 0 N–H and O–H groups in total. The van der Waals surface area contributed by atoms with E-state index in [1.54, 1.807) is 49.9 Å². The first-order valence-electron chi connectivity index (χ1n) is 9.66. The van der Waals surface area contributed by atoms with E-state index in [4.69, 9.17) is 9.26 Å². The van der Waals surface area contributed by atoms with Crippen molar-refractivity contribution in [3.63, 3.8) is 0 Å². The van der Waals surface area contributed by atoms with E-state index in [0.717, 1.165) is 11.3 Å². The van der Waals surface area contributed by atoms with Crippen LogP contribution in [0.25, 0.3) is 11.1 Å². The summed E-state index contributed by atoms with van der Waals surface area (Å²) in [6.07, 6.45) is -0.296. The van der Waals surface area contributed by atoms with Crippen LogP contribution in [0.2, 0.25) is 0 Å². The lowest BCUT2D eigenvalue weighted by Gasteiger charge is -2.16. The number of ketones is 1. The summed E-state index contributed by atoms with van der Waals surface area (Å²) in [5.41, 5.74) is 3.82. The van der Waals surface area contributed by atoms with Crippen molar-refractivity contribution < 1.29 is 23.6 Å². The van der Waals surface area contributed by atoms with Gasteiger partial charge in [-0.05, 0) is 57.0 Å². The molecule has 3 heterocycles. The second-order valence-corrected chi connectivity index (χ2v) is 7.44. The number of fused-ring (bicyclic) bond motifs is 2. The molecule has 2 aromatic heterocycles. The third-order valence-corrected chi connectivity index (χ3v) is 5.26. The lowest BCUT2D eigenvalue weighted by Crippen LogP contribution is -2.26. The molecule has 3 aromatic rings. The van der Waals surface area contributed by atoms with Crippen molar-refractivity contribution >= 4 is 34.4 Å². The monoisotopic (exact) mass is 407 g/mol. The third kappa shape index (κ3) is 3.34. The molecule has 0 radical (unpaired) electrons. The van der Waals surface area contributed by atoms with E-state index < -0.39 is 12.1 Å². The number of pyridine rings is 1. The van der Waals surface area contributed by atoms with Crippen molar-refractivity contribution in [3.8, 4) is 0 Å². The number of anilines is 1. The Morgan fingerprint density at radius 2 is 1.97 bits per heavy atom. The molecule has 1 aliphatic heterocycles. The average Bonchev–Trinajstić information content (AvgIpc) is 3.29. The van der Waals surface area contributed by atoms with Gasteiger partial charge in [0.2, 0.25) is 11.7 Å². The van der Waals surface area contributed by atoms with Crippen LogP contribution in [0.1, 0.15) is 51.5 Å². The molecule has 0 aliphatic carbocycles. The molecule has 1 atom stereocenters. The predicted octanol–water partition coefficient (Wildman–Crippen LogP) is 3.18. The summed E-state index contributed by atoms with van der Waals surface area (Å²) in [5, 5.41) is 4.33. The van der Waals surface area contributed by atoms with Gasteiger partial charge >= 0.3 is 5.97 Å². The maximum Gasteiger partial charge on any atom is 0.339 e. The Bertz CT molecular complexity index is 1200. The highest BCUT2D eigenvalue weighted by molar-refractivity contribution is 6.06. The predicted molar refractivity (Wildman–Crippen MR) is 109 cm³/mol. The molecule has 8 nitrogen and oxygen atoms in total. The van der Waals surface area contributed by atoms with Gasteiger partial charge in [0.05, 0.1) is 16.6 Å². The van der Waals surface area contributed by atoms with Crippen LogP contribution in [0.4, 0.5) is 5.69 Å². The minimum Gasteiger partial charge on any atom is -0.451 e. The van der Waals surface area contributed by atoms with Crippen LogP contribution in [-0.4, -0.2) is 40.4 Å². The number of carbonyl (C=O) groups excluding carboxylic acids is 3. The van der Waals surface area contributed by atoms with E-state index in [-0.39, 0.29) is 23.0 Å². The van der Waals surface area contributed by atoms with Crippen LogP contribution < -0.4 is 4.90 Å². The topological polar surface area (TPSA) is 103 Å². The second-order valence-electron chi connectivity index (χ2n) is 7.44. The second kappa shape index (κ2) is 7.37. The van der Waals surface area contributed by atoms with Gasteiger partial charge in [0.15, 0.2) is 6.10 Å². The quantitative estimate of drug-likeness (QED) is 0.483. The zero-order valence-corrected chi connectivity index (χ0v) is 17.2. The van der Waals surface area contributed by atoms with Gasteiger partial charge in [0.25, 0.3) is 5.71 Å². The van der Waals surface area contributed by atoms with Crippen molar-refractivity contribution in [1.82, 2.24) is 10.1 Å². The molecule has 0 fully saturated rings. The molecule has 0 bridgehead atoms. The first kappa shape index (κ1) is 19.8. The molecule has 30 heavy (non-hydrogen) atoms. The number of aromatic nitrogens is 2. The van der Waals surface area contributed by atoms with Gasteiger partial charge in [-0.1, -0.05) is 5.16 Å². The molecular formula is C22H21N3O5. The molecule has 8 heteroatoms. The smallest absolute Gasteiger partial charge is 0.339 e. The van der Waals surface area contributed by atoms with Gasteiger partial charge in [-0.25, -0.2) is 9.78 Å². The molecule has 4 rings (SSSR count). The molecule has 1 aromatic carbocycles. The van der Waals surface area contributed by atoms with Gasteiger partial charge in [-0.15, -0.1) is 0 Å². The highest BCUT2D eigenvalue weighted by atomic mass is 16.5. The number of amides is 1. The van der Waals surface area contributed by atoms with Gasteiger partial charge < -0.3 is 14.2 Å². The van der Waals surface area contributed by atoms with E-state index in [2.05, 4.69) is 10.1 Å². The summed E-state index contributed by atoms with van der Waals surface area (Å²) < 4.78 is 10.6.